The monoisotopic (exact) mass is 264 g/mol. The minimum atomic E-state index is -0.278. The van der Waals surface area contributed by atoms with Gasteiger partial charge in [-0.05, 0) is 32.0 Å². The fraction of sp³-hybridized carbons (Fsp3) is 0.500. The number of rotatable bonds is 6. The highest BCUT2D eigenvalue weighted by Crippen LogP contribution is 2.22. The molecule has 1 aliphatic rings. The summed E-state index contributed by atoms with van der Waals surface area (Å²) >= 11 is 0. The number of nitrogens with one attached hydrogen (secondary N) is 1. The molecule has 0 radical (unpaired) electrons. The van der Waals surface area contributed by atoms with Crippen LogP contribution >= 0.6 is 0 Å². The molecule has 0 bridgehead atoms. The maximum Gasteiger partial charge on any atom is 0.414 e. The molecule has 0 spiro atoms. The summed E-state index contributed by atoms with van der Waals surface area (Å²) in [6, 6.07) is 7.99. The molecule has 1 N–H and O–H groups in total. The summed E-state index contributed by atoms with van der Waals surface area (Å²) in [5, 5.41) is 3.35. The van der Waals surface area contributed by atoms with Gasteiger partial charge in [0.1, 0.15) is 6.61 Å². The van der Waals surface area contributed by atoms with Gasteiger partial charge in [0, 0.05) is 24.0 Å². The van der Waals surface area contributed by atoms with E-state index in [1.807, 2.05) is 31.2 Å². The standard InChI is InChI=1S/C14H20N2O3/c1-3-18-10-11(2)15-12-5-4-6-13(9-12)16-7-8-19-14(16)17/h4-6,9,11,15H,3,7-8,10H2,1-2H3. The highest BCUT2D eigenvalue weighted by atomic mass is 16.6. The zero-order valence-electron chi connectivity index (χ0n) is 11.4. The predicted molar refractivity (Wildman–Crippen MR) is 74.7 cm³/mol. The Morgan fingerprint density at radius 2 is 2.37 bits per heavy atom. The molecule has 5 nitrogen and oxygen atoms in total. The average molecular weight is 264 g/mol. The van der Waals surface area contributed by atoms with Crippen molar-refractivity contribution in [3.63, 3.8) is 0 Å². The molecule has 1 unspecified atom stereocenters. The van der Waals surface area contributed by atoms with Crippen molar-refractivity contribution in [1.82, 2.24) is 0 Å². The van der Waals surface area contributed by atoms with Crippen molar-refractivity contribution < 1.29 is 14.3 Å². The Morgan fingerprint density at radius 3 is 3.05 bits per heavy atom. The number of nitrogens with zero attached hydrogens (tertiary/aromatic N) is 1. The quantitative estimate of drug-likeness (QED) is 0.857. The van der Waals surface area contributed by atoms with Crippen molar-refractivity contribution in [2.75, 3.05) is 36.6 Å². The zero-order chi connectivity index (χ0) is 13.7. The average Bonchev–Trinajstić information content (AvgIpc) is 2.83. The third kappa shape index (κ3) is 3.61. The fourth-order valence-corrected chi connectivity index (χ4v) is 2.01. The topological polar surface area (TPSA) is 50.8 Å². The van der Waals surface area contributed by atoms with E-state index in [9.17, 15) is 4.79 Å². The van der Waals surface area contributed by atoms with Gasteiger partial charge in [-0.3, -0.25) is 4.90 Å². The normalized spacial score (nSPS) is 16.3. The van der Waals surface area contributed by atoms with Crippen LogP contribution in [0.5, 0.6) is 0 Å². The summed E-state index contributed by atoms with van der Waals surface area (Å²) in [7, 11) is 0. The predicted octanol–water partition coefficient (Wildman–Crippen LogP) is 2.48. The van der Waals surface area contributed by atoms with Gasteiger partial charge in [-0.1, -0.05) is 6.07 Å². The van der Waals surface area contributed by atoms with E-state index < -0.39 is 0 Å². The second-order valence-corrected chi connectivity index (χ2v) is 4.52. The Kier molecular flexibility index (Phi) is 4.63. The minimum absolute atomic E-state index is 0.223. The van der Waals surface area contributed by atoms with Crippen LogP contribution in [0.2, 0.25) is 0 Å². The van der Waals surface area contributed by atoms with E-state index >= 15 is 0 Å². The maximum absolute atomic E-state index is 11.5. The largest absolute Gasteiger partial charge is 0.447 e. The van der Waals surface area contributed by atoms with Crippen LogP contribution in [0.15, 0.2) is 24.3 Å². The number of ether oxygens (including phenoxy) is 2. The number of carbonyl (C=O) groups excluding carboxylic acids is 1. The summed E-state index contributed by atoms with van der Waals surface area (Å²) in [5.41, 5.74) is 1.83. The molecule has 0 aliphatic carbocycles. The van der Waals surface area contributed by atoms with E-state index in [4.69, 9.17) is 9.47 Å². The molecular weight excluding hydrogens is 244 g/mol. The number of amides is 1. The van der Waals surface area contributed by atoms with Crippen molar-refractivity contribution in [3.8, 4) is 0 Å². The van der Waals surface area contributed by atoms with Crippen LogP contribution in [0.3, 0.4) is 0 Å². The van der Waals surface area contributed by atoms with E-state index in [1.165, 1.54) is 0 Å². The second-order valence-electron chi connectivity index (χ2n) is 4.52. The zero-order valence-corrected chi connectivity index (χ0v) is 11.4. The molecule has 1 aromatic carbocycles. The van der Waals surface area contributed by atoms with Crippen LogP contribution < -0.4 is 10.2 Å². The van der Waals surface area contributed by atoms with Crippen molar-refractivity contribution in [2.45, 2.75) is 19.9 Å². The molecule has 1 atom stereocenters. The van der Waals surface area contributed by atoms with Crippen LogP contribution in [0.25, 0.3) is 0 Å². The molecule has 19 heavy (non-hydrogen) atoms. The first-order valence-corrected chi connectivity index (χ1v) is 6.59. The van der Waals surface area contributed by atoms with Gasteiger partial charge in [0.15, 0.2) is 0 Å². The van der Waals surface area contributed by atoms with Gasteiger partial charge < -0.3 is 14.8 Å². The van der Waals surface area contributed by atoms with E-state index in [0.29, 0.717) is 26.4 Å². The van der Waals surface area contributed by atoms with Gasteiger partial charge in [-0.15, -0.1) is 0 Å². The first kappa shape index (κ1) is 13.7. The Labute approximate surface area is 113 Å². The smallest absolute Gasteiger partial charge is 0.414 e. The summed E-state index contributed by atoms with van der Waals surface area (Å²) in [5.74, 6) is 0. The van der Waals surface area contributed by atoms with E-state index in [2.05, 4.69) is 12.2 Å². The molecule has 1 aromatic rings. The van der Waals surface area contributed by atoms with Crippen LogP contribution in [0.1, 0.15) is 13.8 Å². The Balaban J connectivity index is 2.00. The third-order valence-corrected chi connectivity index (χ3v) is 2.90. The summed E-state index contributed by atoms with van der Waals surface area (Å²) in [6.07, 6.45) is -0.278. The third-order valence-electron chi connectivity index (χ3n) is 2.90. The Morgan fingerprint density at radius 1 is 1.53 bits per heavy atom. The first-order valence-electron chi connectivity index (χ1n) is 6.59. The second kappa shape index (κ2) is 6.43. The van der Waals surface area contributed by atoms with Crippen molar-refractivity contribution in [3.05, 3.63) is 24.3 Å². The van der Waals surface area contributed by atoms with Crippen LogP contribution in [0, 0.1) is 0 Å². The molecule has 0 saturated carbocycles. The lowest BCUT2D eigenvalue weighted by Gasteiger charge is -2.18. The number of hydrogen-bond acceptors (Lipinski definition) is 4. The summed E-state index contributed by atoms with van der Waals surface area (Å²) in [4.78, 5) is 13.2. The summed E-state index contributed by atoms with van der Waals surface area (Å²) < 4.78 is 10.3. The molecule has 1 amide bonds. The van der Waals surface area contributed by atoms with Crippen molar-refractivity contribution in [1.29, 1.82) is 0 Å². The number of benzene rings is 1. The fourth-order valence-electron chi connectivity index (χ4n) is 2.01. The van der Waals surface area contributed by atoms with Gasteiger partial charge >= 0.3 is 6.09 Å². The van der Waals surface area contributed by atoms with Gasteiger partial charge in [0.25, 0.3) is 0 Å². The molecule has 5 heteroatoms. The number of anilines is 2. The lowest BCUT2D eigenvalue weighted by Crippen LogP contribution is -2.24. The minimum Gasteiger partial charge on any atom is -0.447 e. The van der Waals surface area contributed by atoms with Gasteiger partial charge in [0.05, 0.1) is 13.2 Å². The maximum atomic E-state index is 11.5. The first-order chi connectivity index (χ1) is 9.20. The van der Waals surface area contributed by atoms with E-state index in [1.54, 1.807) is 4.90 Å². The molecule has 0 aromatic heterocycles. The van der Waals surface area contributed by atoms with E-state index in [-0.39, 0.29) is 12.1 Å². The van der Waals surface area contributed by atoms with Crippen LogP contribution in [0.4, 0.5) is 16.2 Å². The Bertz CT molecular complexity index is 436. The van der Waals surface area contributed by atoms with Gasteiger partial charge in [0.2, 0.25) is 0 Å². The summed E-state index contributed by atoms with van der Waals surface area (Å²) in [6.45, 7) is 6.48. The molecular formula is C14H20N2O3. The molecule has 1 saturated heterocycles. The molecule has 1 fully saturated rings. The highest BCUT2D eigenvalue weighted by molar-refractivity contribution is 5.89. The lowest BCUT2D eigenvalue weighted by atomic mass is 10.2. The molecule has 1 heterocycles. The molecule has 1 aliphatic heterocycles. The van der Waals surface area contributed by atoms with Crippen LogP contribution in [-0.2, 0) is 9.47 Å². The number of carbonyl (C=O) groups is 1. The number of hydrogen-bond donors (Lipinski definition) is 1. The van der Waals surface area contributed by atoms with Crippen molar-refractivity contribution in [2.24, 2.45) is 0 Å². The van der Waals surface area contributed by atoms with E-state index in [0.717, 1.165) is 11.4 Å². The SMILES string of the molecule is CCOCC(C)Nc1cccc(N2CCOC2=O)c1. The molecule has 2 rings (SSSR count). The lowest BCUT2D eigenvalue weighted by molar-refractivity contribution is 0.141. The van der Waals surface area contributed by atoms with Gasteiger partial charge in [-0.25, -0.2) is 4.79 Å². The van der Waals surface area contributed by atoms with Crippen LogP contribution in [-0.4, -0.2) is 38.5 Å². The van der Waals surface area contributed by atoms with Crippen molar-refractivity contribution >= 4 is 17.5 Å². The highest BCUT2D eigenvalue weighted by Gasteiger charge is 2.23. The Hall–Kier alpha value is -1.75. The number of cyclic esters (lactones) is 1. The van der Waals surface area contributed by atoms with Gasteiger partial charge in [-0.2, -0.15) is 0 Å². The molecule has 104 valence electrons.